The largest absolute Gasteiger partial charge is 0.481 e. The molecule has 6 N–H and O–H groups in total. The number of hydrogen-bond acceptors (Lipinski definition) is 5. The first-order valence-corrected chi connectivity index (χ1v) is 11.3. The molecule has 0 unspecified atom stereocenters. The maximum Gasteiger partial charge on any atom is 0.303 e. The summed E-state index contributed by atoms with van der Waals surface area (Å²) in [6.07, 6.45) is 10.6. The Balaban J connectivity index is 0.000000842. The number of carboxylic acids is 2. The molecule has 0 bridgehead atoms. The molecule has 1 rings (SSSR count). The highest BCUT2D eigenvalue weighted by Crippen LogP contribution is 2.14. The van der Waals surface area contributed by atoms with Crippen molar-refractivity contribution < 1.29 is 30.0 Å². The van der Waals surface area contributed by atoms with E-state index in [2.05, 4.69) is 31.2 Å². The SMILES string of the molecule is CCCCCCCCc1ccc(CCC(N)(CO)CO)cc1.O=C(O)CCCC(=O)O. The van der Waals surface area contributed by atoms with E-state index in [9.17, 15) is 19.8 Å². The minimum Gasteiger partial charge on any atom is -0.481 e. The molecule has 0 aliphatic rings. The van der Waals surface area contributed by atoms with Crippen LogP contribution in [0.15, 0.2) is 24.3 Å². The summed E-state index contributed by atoms with van der Waals surface area (Å²) >= 11 is 0. The summed E-state index contributed by atoms with van der Waals surface area (Å²) in [4.78, 5) is 19.6. The van der Waals surface area contributed by atoms with Gasteiger partial charge in [0.2, 0.25) is 0 Å². The predicted octanol–water partition coefficient (Wildman–Crippen LogP) is 3.53. The highest BCUT2D eigenvalue weighted by molar-refractivity contribution is 5.69. The summed E-state index contributed by atoms with van der Waals surface area (Å²) in [5, 5.41) is 34.5. The molecule has 0 saturated carbocycles. The standard InChI is InChI=1S/C19H33NO2.C5H8O4/c1-2-3-4-5-6-7-8-17-9-11-18(12-10-17)13-14-19(20,15-21)16-22;6-4(7)2-1-3-5(8)9/h9-12,21-22H,2-8,13-16,20H2,1H3;1-3H2,(H,6,7)(H,8,9). The first-order valence-electron chi connectivity index (χ1n) is 11.3. The Morgan fingerprint density at radius 3 is 1.68 bits per heavy atom. The van der Waals surface area contributed by atoms with Crippen molar-refractivity contribution in [2.45, 2.75) is 89.5 Å². The summed E-state index contributed by atoms with van der Waals surface area (Å²) in [5.74, 6) is -1.90. The zero-order valence-electron chi connectivity index (χ0n) is 18.9. The number of carbonyl (C=O) groups is 2. The van der Waals surface area contributed by atoms with E-state index in [4.69, 9.17) is 15.9 Å². The Hall–Kier alpha value is -1.96. The fraction of sp³-hybridized carbons (Fsp3) is 0.667. The van der Waals surface area contributed by atoms with E-state index in [0.29, 0.717) is 6.42 Å². The average Bonchev–Trinajstić information content (AvgIpc) is 2.75. The van der Waals surface area contributed by atoms with Crippen molar-refractivity contribution in [3.8, 4) is 0 Å². The predicted molar refractivity (Wildman–Crippen MR) is 122 cm³/mol. The van der Waals surface area contributed by atoms with Crippen LogP contribution >= 0.6 is 0 Å². The molecule has 31 heavy (non-hydrogen) atoms. The van der Waals surface area contributed by atoms with Gasteiger partial charge < -0.3 is 26.2 Å². The summed E-state index contributed by atoms with van der Waals surface area (Å²) in [5.41, 5.74) is 7.63. The van der Waals surface area contributed by atoms with Crippen LogP contribution in [0.3, 0.4) is 0 Å². The second kappa shape index (κ2) is 17.7. The number of aliphatic hydroxyl groups excluding tert-OH is 2. The number of rotatable bonds is 16. The highest BCUT2D eigenvalue weighted by Gasteiger charge is 2.22. The molecule has 0 aliphatic heterocycles. The first-order chi connectivity index (χ1) is 14.8. The van der Waals surface area contributed by atoms with E-state index < -0.39 is 17.5 Å². The van der Waals surface area contributed by atoms with Crippen molar-refractivity contribution in [3.05, 3.63) is 35.4 Å². The minimum atomic E-state index is -0.948. The van der Waals surface area contributed by atoms with Gasteiger partial charge in [0.1, 0.15) is 0 Å². The fourth-order valence-corrected chi connectivity index (χ4v) is 2.97. The van der Waals surface area contributed by atoms with Gasteiger partial charge in [0, 0.05) is 12.8 Å². The summed E-state index contributed by atoms with van der Waals surface area (Å²) in [6.45, 7) is 1.89. The second-order valence-corrected chi connectivity index (χ2v) is 8.15. The van der Waals surface area contributed by atoms with Crippen molar-refractivity contribution in [3.63, 3.8) is 0 Å². The Bertz CT molecular complexity index is 585. The van der Waals surface area contributed by atoms with Crippen LogP contribution in [0.4, 0.5) is 0 Å². The number of carboxylic acid groups (broad SMARTS) is 2. The molecule has 0 atom stereocenters. The number of aliphatic hydroxyl groups is 2. The smallest absolute Gasteiger partial charge is 0.303 e. The van der Waals surface area contributed by atoms with Crippen LogP contribution in [-0.2, 0) is 22.4 Å². The van der Waals surface area contributed by atoms with Gasteiger partial charge in [0.05, 0.1) is 18.8 Å². The summed E-state index contributed by atoms with van der Waals surface area (Å²) in [7, 11) is 0. The third-order valence-electron chi connectivity index (χ3n) is 5.16. The van der Waals surface area contributed by atoms with Crippen molar-refractivity contribution in [2.24, 2.45) is 5.73 Å². The number of benzene rings is 1. The van der Waals surface area contributed by atoms with Crippen LogP contribution < -0.4 is 5.73 Å². The molecule has 0 aromatic heterocycles. The molecule has 7 nitrogen and oxygen atoms in total. The van der Waals surface area contributed by atoms with E-state index in [1.807, 2.05) is 0 Å². The molecule has 7 heteroatoms. The van der Waals surface area contributed by atoms with Gasteiger partial charge in [-0.3, -0.25) is 9.59 Å². The Morgan fingerprint density at radius 2 is 1.23 bits per heavy atom. The molecule has 0 heterocycles. The molecule has 0 saturated heterocycles. The number of aryl methyl sites for hydroxylation is 2. The van der Waals surface area contributed by atoms with E-state index >= 15 is 0 Å². The van der Waals surface area contributed by atoms with Crippen molar-refractivity contribution in [2.75, 3.05) is 13.2 Å². The summed E-state index contributed by atoms with van der Waals surface area (Å²) in [6, 6.07) is 8.66. The van der Waals surface area contributed by atoms with E-state index in [1.54, 1.807) is 0 Å². The van der Waals surface area contributed by atoms with Crippen LogP contribution in [0.2, 0.25) is 0 Å². The van der Waals surface area contributed by atoms with Gasteiger partial charge in [-0.15, -0.1) is 0 Å². The van der Waals surface area contributed by atoms with Gasteiger partial charge in [-0.2, -0.15) is 0 Å². The topological polar surface area (TPSA) is 141 Å². The van der Waals surface area contributed by atoms with Crippen LogP contribution in [0, 0.1) is 0 Å². The molecule has 0 fully saturated rings. The Labute approximate surface area is 186 Å². The van der Waals surface area contributed by atoms with Gasteiger partial charge in [0.25, 0.3) is 0 Å². The third-order valence-corrected chi connectivity index (χ3v) is 5.16. The molecule has 1 aromatic rings. The number of hydrogen-bond donors (Lipinski definition) is 5. The molecule has 0 amide bonds. The molecule has 0 spiro atoms. The van der Waals surface area contributed by atoms with Gasteiger partial charge in [0.15, 0.2) is 0 Å². The minimum absolute atomic E-state index is 0.0632. The highest BCUT2D eigenvalue weighted by atomic mass is 16.4. The van der Waals surface area contributed by atoms with E-state index in [0.717, 1.165) is 12.8 Å². The number of nitrogens with two attached hydrogens (primary N) is 1. The monoisotopic (exact) mass is 439 g/mol. The lowest BCUT2D eigenvalue weighted by Crippen LogP contribution is -2.47. The van der Waals surface area contributed by atoms with E-state index in [1.165, 1.54) is 49.7 Å². The van der Waals surface area contributed by atoms with E-state index in [-0.39, 0.29) is 32.5 Å². The maximum absolute atomic E-state index is 9.79. The van der Waals surface area contributed by atoms with Gasteiger partial charge >= 0.3 is 11.9 Å². The quantitative estimate of drug-likeness (QED) is 0.248. The first kappa shape index (κ1) is 29.0. The second-order valence-electron chi connectivity index (χ2n) is 8.15. The van der Waals surface area contributed by atoms with Crippen LogP contribution in [-0.4, -0.2) is 51.1 Å². The lowest BCUT2D eigenvalue weighted by atomic mass is 9.93. The number of unbranched alkanes of at least 4 members (excludes halogenated alkanes) is 5. The molecule has 178 valence electrons. The molecule has 0 radical (unpaired) electrons. The molecular weight excluding hydrogens is 398 g/mol. The van der Waals surface area contributed by atoms with Gasteiger partial charge in [-0.05, 0) is 43.2 Å². The molecule has 0 aliphatic carbocycles. The van der Waals surface area contributed by atoms with Gasteiger partial charge in [-0.25, -0.2) is 0 Å². The Kier molecular flexibility index (Phi) is 16.6. The van der Waals surface area contributed by atoms with Crippen LogP contribution in [0.1, 0.15) is 82.3 Å². The zero-order chi connectivity index (χ0) is 23.5. The lowest BCUT2D eigenvalue weighted by Gasteiger charge is -2.24. The summed E-state index contributed by atoms with van der Waals surface area (Å²) < 4.78 is 0. The van der Waals surface area contributed by atoms with Crippen molar-refractivity contribution >= 4 is 11.9 Å². The molecular formula is C24H41NO6. The maximum atomic E-state index is 9.79. The normalized spacial score (nSPS) is 11.0. The fourth-order valence-electron chi connectivity index (χ4n) is 2.97. The number of aliphatic carboxylic acids is 2. The van der Waals surface area contributed by atoms with Crippen LogP contribution in [0.25, 0.3) is 0 Å². The lowest BCUT2D eigenvalue weighted by molar-refractivity contribution is -0.138. The van der Waals surface area contributed by atoms with Crippen molar-refractivity contribution in [1.29, 1.82) is 0 Å². The Morgan fingerprint density at radius 1 is 0.774 bits per heavy atom. The third kappa shape index (κ3) is 16.4. The zero-order valence-corrected chi connectivity index (χ0v) is 18.9. The average molecular weight is 440 g/mol. The van der Waals surface area contributed by atoms with Crippen molar-refractivity contribution in [1.82, 2.24) is 0 Å². The van der Waals surface area contributed by atoms with Crippen LogP contribution in [0.5, 0.6) is 0 Å². The molecule has 1 aromatic carbocycles. The van der Waals surface area contributed by atoms with Gasteiger partial charge in [-0.1, -0.05) is 63.3 Å².